The van der Waals surface area contributed by atoms with Crippen molar-refractivity contribution in [3.63, 3.8) is 0 Å². The van der Waals surface area contributed by atoms with Crippen molar-refractivity contribution in [3.8, 4) is 22.4 Å². The molecule has 11 heteroatoms. The van der Waals surface area contributed by atoms with E-state index < -0.39 is 63.0 Å². The topological polar surface area (TPSA) is 18.8 Å². The van der Waals surface area contributed by atoms with Gasteiger partial charge in [0.05, 0.1) is 22.4 Å². The first-order valence-corrected chi connectivity index (χ1v) is 15.5. The third kappa shape index (κ3) is 5.68. The summed E-state index contributed by atoms with van der Waals surface area (Å²) in [5.74, 6) is -13.4. The standard InChI is InChI=1S/C39H29BF8N2/c1-17-11-19(3)30(20(4)12-17)26-7-8-27(49-26)33(29-10-9-28(50(29)40-48)31-21(5)13-18(2)14-22(31)6)34-38(46)36(44)32(37(45)39(34)47)23-15-24(41)35(43)25(42)16-23/h7-16,49H,1-6H3/q+1. The minimum atomic E-state index is -1.99. The van der Waals surface area contributed by atoms with E-state index in [1.165, 1.54) is 18.2 Å². The van der Waals surface area contributed by atoms with Gasteiger partial charge in [-0.1, -0.05) is 35.4 Å². The number of benzene rings is 4. The lowest BCUT2D eigenvalue weighted by Gasteiger charge is -2.16. The van der Waals surface area contributed by atoms with Crippen LogP contribution in [0.3, 0.4) is 0 Å². The zero-order valence-corrected chi connectivity index (χ0v) is 27.8. The van der Waals surface area contributed by atoms with Crippen LogP contribution in [0.1, 0.15) is 50.2 Å². The van der Waals surface area contributed by atoms with E-state index in [0.717, 1.165) is 43.4 Å². The number of nitrogens with zero attached hydrogens (tertiary/aromatic N) is 1. The first-order valence-electron chi connectivity index (χ1n) is 15.5. The molecule has 2 heterocycles. The SMILES string of the molecule is Cc1cc(C)c(C2=[N+]([B]F)/C(=C(\c3ccc(-c4c(C)cc(C)cc4C)[nH]3)c3c(F)c(F)c(-c4cc(F)c(F)c(F)c4)c(F)c3F)C=C2)c(C)c1. The summed E-state index contributed by atoms with van der Waals surface area (Å²) in [6, 6.07) is 11.2. The summed E-state index contributed by atoms with van der Waals surface area (Å²) in [6.45, 7) is 11.2. The molecule has 0 saturated carbocycles. The second-order valence-electron chi connectivity index (χ2n) is 12.5. The van der Waals surface area contributed by atoms with Gasteiger partial charge < -0.3 is 4.98 Å². The van der Waals surface area contributed by atoms with E-state index in [1.807, 2.05) is 65.8 Å². The molecule has 0 bridgehead atoms. The molecule has 4 aromatic carbocycles. The van der Waals surface area contributed by atoms with E-state index in [2.05, 4.69) is 4.98 Å². The lowest BCUT2D eigenvalue weighted by Crippen LogP contribution is -2.21. The van der Waals surface area contributed by atoms with Crippen LogP contribution in [-0.4, -0.2) is 22.9 Å². The number of allylic oxidation sites excluding steroid dienone is 2. The van der Waals surface area contributed by atoms with Gasteiger partial charge in [-0.15, -0.1) is 0 Å². The van der Waals surface area contributed by atoms with E-state index >= 15 is 21.9 Å². The second-order valence-corrected chi connectivity index (χ2v) is 12.5. The summed E-state index contributed by atoms with van der Waals surface area (Å²) in [7, 11) is 0.183. The van der Waals surface area contributed by atoms with Crippen molar-refractivity contribution < 1.29 is 39.5 Å². The molecule has 0 fully saturated rings. The molecular weight excluding hydrogens is 659 g/mol. The van der Waals surface area contributed by atoms with Gasteiger partial charge in [0.25, 0.3) is 0 Å². The van der Waals surface area contributed by atoms with Crippen LogP contribution in [-0.2, 0) is 0 Å². The van der Waals surface area contributed by atoms with Crippen molar-refractivity contribution in [2.24, 2.45) is 0 Å². The third-order valence-electron chi connectivity index (χ3n) is 8.89. The molecule has 0 amide bonds. The van der Waals surface area contributed by atoms with Gasteiger partial charge in [0.15, 0.2) is 52.1 Å². The number of halogens is 8. The molecule has 1 aromatic heterocycles. The monoisotopic (exact) mass is 688 g/mol. The Hall–Kier alpha value is -5.19. The second kappa shape index (κ2) is 12.9. The highest BCUT2D eigenvalue weighted by atomic mass is 19.2. The minimum absolute atomic E-state index is 0.0207. The Morgan fingerprint density at radius 2 is 1.08 bits per heavy atom. The molecule has 0 spiro atoms. The first-order chi connectivity index (χ1) is 23.6. The van der Waals surface area contributed by atoms with Crippen LogP contribution >= 0.6 is 0 Å². The van der Waals surface area contributed by atoms with Gasteiger partial charge in [-0.2, -0.15) is 0 Å². The van der Waals surface area contributed by atoms with Gasteiger partial charge in [-0.25, -0.2) is 39.5 Å². The van der Waals surface area contributed by atoms with E-state index in [1.54, 1.807) is 6.07 Å². The van der Waals surface area contributed by atoms with Gasteiger partial charge in [0.2, 0.25) is 0 Å². The fraction of sp³-hybridized carbons (Fsp3) is 0.154. The molecule has 0 unspecified atom stereocenters. The first kappa shape index (κ1) is 34.7. The molecule has 1 aliphatic rings. The van der Waals surface area contributed by atoms with Crippen molar-refractivity contribution in [2.75, 3.05) is 0 Å². The number of hydrogen-bond donors (Lipinski definition) is 1. The maximum atomic E-state index is 16.3. The molecule has 253 valence electrons. The Labute approximate surface area is 284 Å². The Balaban J connectivity index is 1.68. The van der Waals surface area contributed by atoms with E-state index in [4.69, 9.17) is 0 Å². The van der Waals surface area contributed by atoms with Crippen LogP contribution in [0.5, 0.6) is 0 Å². The molecule has 6 rings (SSSR count). The van der Waals surface area contributed by atoms with Crippen LogP contribution < -0.4 is 0 Å². The zero-order valence-electron chi connectivity index (χ0n) is 27.8. The van der Waals surface area contributed by atoms with Crippen molar-refractivity contribution in [2.45, 2.75) is 41.5 Å². The predicted octanol–water partition coefficient (Wildman–Crippen LogP) is 10.5. The van der Waals surface area contributed by atoms with Gasteiger partial charge in [-0.3, -0.25) is 0 Å². The molecule has 1 aliphatic heterocycles. The molecule has 0 saturated heterocycles. The number of rotatable bonds is 6. The number of H-pyrrole nitrogens is 1. The average Bonchev–Trinajstić information content (AvgIpc) is 3.67. The van der Waals surface area contributed by atoms with Crippen LogP contribution in [0.15, 0.2) is 66.4 Å². The number of aromatic amines is 1. The molecule has 5 aromatic rings. The van der Waals surface area contributed by atoms with Crippen molar-refractivity contribution in [1.82, 2.24) is 4.98 Å². The van der Waals surface area contributed by atoms with Crippen LogP contribution in [0.2, 0.25) is 0 Å². The highest BCUT2D eigenvalue weighted by Crippen LogP contribution is 2.41. The highest BCUT2D eigenvalue weighted by Gasteiger charge is 2.37. The van der Waals surface area contributed by atoms with Crippen molar-refractivity contribution in [1.29, 1.82) is 0 Å². The summed E-state index contributed by atoms with van der Waals surface area (Å²) in [5.41, 5.74) is 3.22. The number of nitrogens with one attached hydrogen (secondary N) is 1. The van der Waals surface area contributed by atoms with Gasteiger partial charge >= 0.3 is 7.69 Å². The largest absolute Gasteiger partial charge is 0.792 e. The summed E-state index contributed by atoms with van der Waals surface area (Å²) < 4.78 is 122. The van der Waals surface area contributed by atoms with Crippen LogP contribution in [0.25, 0.3) is 28.0 Å². The molecular formula is C39H29BF8N2+. The molecule has 2 nitrogen and oxygen atoms in total. The third-order valence-corrected chi connectivity index (χ3v) is 8.89. The smallest absolute Gasteiger partial charge is 0.354 e. The minimum Gasteiger partial charge on any atom is -0.354 e. The van der Waals surface area contributed by atoms with Gasteiger partial charge in [-0.05, 0) is 93.6 Å². The maximum absolute atomic E-state index is 16.3. The van der Waals surface area contributed by atoms with Crippen LogP contribution in [0.4, 0.5) is 35.0 Å². The molecule has 1 N–H and O–H groups in total. The number of aryl methyl sites for hydroxylation is 6. The zero-order chi connectivity index (χ0) is 36.3. The Morgan fingerprint density at radius 3 is 1.58 bits per heavy atom. The molecule has 0 atom stereocenters. The Bertz CT molecular complexity index is 2250. The number of hydrogen-bond acceptors (Lipinski definition) is 0. The van der Waals surface area contributed by atoms with E-state index in [0.29, 0.717) is 17.0 Å². The fourth-order valence-electron chi connectivity index (χ4n) is 7.04. The maximum Gasteiger partial charge on any atom is 0.792 e. The quantitative estimate of drug-likeness (QED) is 0.0793. The average molecular weight is 688 g/mol. The summed E-state index contributed by atoms with van der Waals surface area (Å²) in [5, 5.41) is 0. The lowest BCUT2D eigenvalue weighted by molar-refractivity contribution is -0.317. The Kier molecular flexibility index (Phi) is 8.97. The predicted molar refractivity (Wildman–Crippen MR) is 179 cm³/mol. The number of aromatic nitrogens is 1. The summed E-state index contributed by atoms with van der Waals surface area (Å²) in [4.78, 5) is 3.11. The van der Waals surface area contributed by atoms with Crippen molar-refractivity contribution in [3.05, 3.63) is 157 Å². The van der Waals surface area contributed by atoms with Gasteiger partial charge in [0.1, 0.15) is 0 Å². The summed E-state index contributed by atoms with van der Waals surface area (Å²) in [6.07, 6.45) is 2.89. The van der Waals surface area contributed by atoms with Gasteiger partial charge in [0, 0.05) is 29.0 Å². The Morgan fingerprint density at radius 1 is 0.580 bits per heavy atom. The van der Waals surface area contributed by atoms with Crippen LogP contribution in [0, 0.1) is 82.3 Å². The molecule has 0 aliphatic carbocycles. The van der Waals surface area contributed by atoms with E-state index in [9.17, 15) is 13.2 Å². The summed E-state index contributed by atoms with van der Waals surface area (Å²) >= 11 is 0. The normalized spacial score (nSPS) is 13.9. The fourth-order valence-corrected chi connectivity index (χ4v) is 7.04. The molecule has 50 heavy (non-hydrogen) atoms. The molecule has 1 radical (unpaired) electrons. The lowest BCUT2D eigenvalue weighted by atomic mass is 9.93. The van der Waals surface area contributed by atoms with Crippen molar-refractivity contribution >= 4 is 19.0 Å². The van der Waals surface area contributed by atoms with E-state index in [-0.39, 0.29) is 31.2 Å². The highest BCUT2D eigenvalue weighted by molar-refractivity contribution is 6.23.